The summed E-state index contributed by atoms with van der Waals surface area (Å²) in [6, 6.07) is 5.48. The maximum Gasteiger partial charge on any atom is 0.113 e. The molecule has 0 N–H and O–H groups in total. The lowest BCUT2D eigenvalue weighted by atomic mass is 9.57. The van der Waals surface area contributed by atoms with Crippen molar-refractivity contribution in [1.82, 2.24) is 9.80 Å². The maximum absolute atomic E-state index is 10.2. The molecule has 3 rings (SSSR count). The van der Waals surface area contributed by atoms with Crippen LogP contribution in [0.25, 0.3) is 0 Å². The van der Waals surface area contributed by atoms with Gasteiger partial charge in [0.15, 0.2) is 0 Å². The Labute approximate surface area is 141 Å². The Morgan fingerprint density at radius 1 is 0.957 bits per heavy atom. The number of hydrogen-bond acceptors (Lipinski definition) is 4. The number of likely N-dealkylation sites (N-methyl/N-ethyl adjacent to an activating group) is 1. The van der Waals surface area contributed by atoms with Crippen molar-refractivity contribution in [3.05, 3.63) is 0 Å². The highest BCUT2D eigenvalue weighted by Gasteiger charge is 2.61. The molecule has 0 unspecified atom stereocenters. The van der Waals surface area contributed by atoms with E-state index in [2.05, 4.69) is 36.0 Å². The fourth-order valence-corrected chi connectivity index (χ4v) is 5.61. The Morgan fingerprint density at radius 3 is 1.91 bits per heavy atom. The van der Waals surface area contributed by atoms with Crippen molar-refractivity contribution in [1.29, 1.82) is 10.5 Å². The molecule has 23 heavy (non-hydrogen) atoms. The van der Waals surface area contributed by atoms with E-state index in [1.54, 1.807) is 0 Å². The summed E-state index contributed by atoms with van der Waals surface area (Å²) < 4.78 is 0. The van der Waals surface area contributed by atoms with Gasteiger partial charge in [-0.1, -0.05) is 25.7 Å². The highest BCUT2D eigenvalue weighted by molar-refractivity contribution is 5.27. The molecule has 0 aromatic rings. The molecule has 0 aromatic carbocycles. The molecule has 126 valence electrons. The van der Waals surface area contributed by atoms with Crippen LogP contribution in [0.15, 0.2) is 0 Å². The zero-order chi connectivity index (χ0) is 16.5. The summed E-state index contributed by atoms with van der Waals surface area (Å²) in [7, 11) is 4.16. The Balaban J connectivity index is 2.02. The molecule has 1 aliphatic heterocycles. The van der Waals surface area contributed by atoms with Crippen molar-refractivity contribution in [2.24, 2.45) is 11.8 Å². The predicted molar refractivity (Wildman–Crippen MR) is 90.5 cm³/mol. The lowest BCUT2D eigenvalue weighted by Gasteiger charge is -2.61. The van der Waals surface area contributed by atoms with Crippen molar-refractivity contribution < 1.29 is 0 Å². The number of fused-ring (bicyclic) bond motifs is 2. The molecule has 3 aliphatic rings. The van der Waals surface area contributed by atoms with Crippen LogP contribution in [0.2, 0.25) is 0 Å². The van der Waals surface area contributed by atoms with Gasteiger partial charge in [-0.2, -0.15) is 10.5 Å². The summed E-state index contributed by atoms with van der Waals surface area (Å²) in [4.78, 5) is 4.58. The topological polar surface area (TPSA) is 54.1 Å². The summed E-state index contributed by atoms with van der Waals surface area (Å²) in [5, 5.41) is 20.4. The third-order valence-corrected chi connectivity index (χ3v) is 6.76. The Bertz CT molecular complexity index is 476. The van der Waals surface area contributed by atoms with Crippen molar-refractivity contribution in [3.8, 4) is 12.1 Å². The first-order valence-electron chi connectivity index (χ1n) is 9.34. The van der Waals surface area contributed by atoms with E-state index in [0.29, 0.717) is 11.8 Å². The monoisotopic (exact) mass is 314 g/mol. The van der Waals surface area contributed by atoms with Gasteiger partial charge in [0, 0.05) is 13.1 Å². The summed E-state index contributed by atoms with van der Waals surface area (Å²) in [5.41, 5.74) is -0.782. The minimum absolute atomic E-state index is 0.391. The smallest absolute Gasteiger partial charge is 0.113 e. The molecule has 4 nitrogen and oxygen atoms in total. The molecule has 3 fully saturated rings. The van der Waals surface area contributed by atoms with E-state index in [4.69, 9.17) is 0 Å². The zero-order valence-corrected chi connectivity index (χ0v) is 14.7. The minimum atomic E-state index is -0.391. The second-order valence-electron chi connectivity index (χ2n) is 8.15. The van der Waals surface area contributed by atoms with Crippen LogP contribution < -0.4 is 0 Å². The van der Waals surface area contributed by atoms with Crippen LogP contribution in [0.3, 0.4) is 0 Å². The van der Waals surface area contributed by atoms with Crippen LogP contribution in [0, 0.1) is 34.5 Å². The molecule has 1 saturated heterocycles. The number of piperidine rings is 1. The van der Waals surface area contributed by atoms with Gasteiger partial charge in [0.1, 0.15) is 11.1 Å². The second kappa shape index (κ2) is 6.42. The fraction of sp³-hybridized carbons (Fsp3) is 0.895. The summed E-state index contributed by atoms with van der Waals surface area (Å²) in [6.45, 7) is 1.77. The number of hydrogen-bond donors (Lipinski definition) is 0. The summed E-state index contributed by atoms with van der Waals surface area (Å²) in [6.07, 6.45) is 10.1. The normalized spacial score (nSPS) is 40.7. The predicted octanol–water partition coefficient (Wildman–Crippen LogP) is 3.16. The third kappa shape index (κ3) is 2.57. The van der Waals surface area contributed by atoms with Crippen molar-refractivity contribution in [3.63, 3.8) is 0 Å². The van der Waals surface area contributed by atoms with E-state index in [0.717, 1.165) is 45.2 Å². The summed E-state index contributed by atoms with van der Waals surface area (Å²) >= 11 is 0. The van der Waals surface area contributed by atoms with E-state index >= 15 is 0 Å². The van der Waals surface area contributed by atoms with Gasteiger partial charge < -0.3 is 4.90 Å². The molecule has 2 aliphatic carbocycles. The molecule has 0 spiro atoms. The molecule has 2 saturated carbocycles. The van der Waals surface area contributed by atoms with Crippen LogP contribution in [0.5, 0.6) is 0 Å². The second-order valence-corrected chi connectivity index (χ2v) is 8.15. The largest absolute Gasteiger partial charge is 0.308 e. The van der Waals surface area contributed by atoms with E-state index in [1.807, 2.05) is 0 Å². The first kappa shape index (κ1) is 16.7. The SMILES string of the molecule is CN(C)CCN1[C@@]2(C#N)CCCC[C@@H]2C[C@H]2CCCC[C@@]21C#N. The van der Waals surface area contributed by atoms with Gasteiger partial charge in [-0.15, -0.1) is 0 Å². The quantitative estimate of drug-likeness (QED) is 0.803. The highest BCUT2D eigenvalue weighted by atomic mass is 15.3. The molecular formula is C19H30N4. The zero-order valence-electron chi connectivity index (χ0n) is 14.7. The molecule has 1 heterocycles. The van der Waals surface area contributed by atoms with E-state index in [1.165, 1.54) is 25.7 Å². The Morgan fingerprint density at radius 2 is 1.48 bits per heavy atom. The molecule has 4 atom stereocenters. The fourth-order valence-electron chi connectivity index (χ4n) is 5.61. The standard InChI is InChI=1S/C19H30N4/c1-22(2)11-12-23-18(14-20)9-5-3-7-16(18)13-17-8-4-6-10-19(17,23)15-21/h16-17H,3-13H2,1-2H3/t16-,17-,18-,19-/m1/s1. The molecular weight excluding hydrogens is 284 g/mol. The van der Waals surface area contributed by atoms with Crippen LogP contribution in [0.1, 0.15) is 57.8 Å². The van der Waals surface area contributed by atoms with Crippen molar-refractivity contribution >= 4 is 0 Å². The number of nitriles is 2. The molecule has 0 aromatic heterocycles. The molecule has 0 bridgehead atoms. The summed E-state index contributed by atoms with van der Waals surface area (Å²) in [5.74, 6) is 0.931. The van der Waals surface area contributed by atoms with Gasteiger partial charge in [0.05, 0.1) is 12.1 Å². The van der Waals surface area contributed by atoms with Gasteiger partial charge in [-0.05, 0) is 58.0 Å². The lowest BCUT2D eigenvalue weighted by molar-refractivity contribution is -0.112. The minimum Gasteiger partial charge on any atom is -0.308 e. The molecule has 0 radical (unpaired) electrons. The van der Waals surface area contributed by atoms with Crippen LogP contribution in [0.4, 0.5) is 0 Å². The van der Waals surface area contributed by atoms with E-state index in [-0.39, 0.29) is 0 Å². The van der Waals surface area contributed by atoms with Crippen molar-refractivity contribution in [2.45, 2.75) is 68.9 Å². The number of likely N-dealkylation sites (tertiary alicyclic amines) is 1. The van der Waals surface area contributed by atoms with Gasteiger partial charge in [-0.3, -0.25) is 4.90 Å². The number of nitrogens with zero attached hydrogens (tertiary/aromatic N) is 4. The van der Waals surface area contributed by atoms with Crippen LogP contribution in [-0.2, 0) is 0 Å². The average Bonchev–Trinajstić information content (AvgIpc) is 2.58. The van der Waals surface area contributed by atoms with E-state index < -0.39 is 11.1 Å². The first-order valence-corrected chi connectivity index (χ1v) is 9.34. The van der Waals surface area contributed by atoms with Gasteiger partial charge >= 0.3 is 0 Å². The van der Waals surface area contributed by atoms with Crippen LogP contribution in [-0.4, -0.2) is 48.1 Å². The first-order chi connectivity index (χ1) is 11.1. The third-order valence-electron chi connectivity index (χ3n) is 6.76. The van der Waals surface area contributed by atoms with Gasteiger partial charge in [0.2, 0.25) is 0 Å². The average molecular weight is 314 g/mol. The lowest BCUT2D eigenvalue weighted by Crippen LogP contribution is -2.71. The molecule has 4 heteroatoms. The van der Waals surface area contributed by atoms with Gasteiger partial charge in [-0.25, -0.2) is 0 Å². The number of rotatable bonds is 3. The highest BCUT2D eigenvalue weighted by Crippen LogP contribution is 2.55. The molecule has 0 amide bonds. The maximum atomic E-state index is 10.2. The van der Waals surface area contributed by atoms with Crippen LogP contribution >= 0.6 is 0 Å². The van der Waals surface area contributed by atoms with Gasteiger partial charge in [0.25, 0.3) is 0 Å². The Kier molecular flexibility index (Phi) is 4.68. The Hall–Kier alpha value is -1.10. The van der Waals surface area contributed by atoms with Crippen molar-refractivity contribution in [2.75, 3.05) is 27.2 Å². The van der Waals surface area contributed by atoms with E-state index in [9.17, 15) is 10.5 Å².